The minimum atomic E-state index is -1.30. The van der Waals surface area contributed by atoms with Gasteiger partial charge in [0.1, 0.15) is 6.10 Å². The molecule has 0 bridgehead atoms. The summed E-state index contributed by atoms with van der Waals surface area (Å²) in [5.74, 6) is -1.26. The average molecular weight is 545 g/mol. The van der Waals surface area contributed by atoms with Crippen molar-refractivity contribution in [3.05, 3.63) is 33.5 Å². The third-order valence-electron chi connectivity index (χ3n) is 11.0. The summed E-state index contributed by atoms with van der Waals surface area (Å²) in [4.78, 5) is 40.9. The Morgan fingerprint density at radius 2 is 2.00 bits per heavy atom. The summed E-state index contributed by atoms with van der Waals surface area (Å²) in [6, 6.07) is 3.91. The number of esters is 2. The van der Waals surface area contributed by atoms with Crippen LogP contribution < -0.4 is 0 Å². The largest absolute Gasteiger partial charge is 0.458 e. The van der Waals surface area contributed by atoms with Gasteiger partial charge in [-0.05, 0) is 49.3 Å². The van der Waals surface area contributed by atoms with Gasteiger partial charge in [-0.1, -0.05) is 19.9 Å². The lowest BCUT2D eigenvalue weighted by Crippen LogP contribution is -2.88. The molecule has 0 radical (unpaired) electrons. The number of ether oxygens (including phenoxy) is 3. The third kappa shape index (κ3) is 2.99. The highest BCUT2D eigenvalue weighted by molar-refractivity contribution is 7.09. The fourth-order valence-corrected chi connectivity index (χ4v) is 9.60. The zero-order chi connectivity index (χ0) is 27.3. The summed E-state index contributed by atoms with van der Waals surface area (Å²) in [5.41, 5.74) is -3.03. The first kappa shape index (κ1) is 26.2. The van der Waals surface area contributed by atoms with Crippen molar-refractivity contribution in [2.75, 3.05) is 6.61 Å². The van der Waals surface area contributed by atoms with Crippen LogP contribution in [0.5, 0.6) is 0 Å². The first-order valence-corrected chi connectivity index (χ1v) is 14.5. The molecule has 1 spiro atoms. The van der Waals surface area contributed by atoms with E-state index >= 15 is 0 Å². The van der Waals surface area contributed by atoms with E-state index in [4.69, 9.17) is 14.2 Å². The van der Waals surface area contributed by atoms with E-state index in [1.54, 1.807) is 25.2 Å². The van der Waals surface area contributed by atoms with Gasteiger partial charge in [0, 0.05) is 40.9 Å². The Labute approximate surface area is 226 Å². The number of carbonyl (C=O) groups excluding carboxylic acids is 3. The van der Waals surface area contributed by atoms with Crippen LogP contribution in [-0.4, -0.2) is 64.6 Å². The van der Waals surface area contributed by atoms with Crippen molar-refractivity contribution in [3.63, 3.8) is 0 Å². The Morgan fingerprint density at radius 1 is 1.24 bits per heavy atom. The topological polar surface area (TPSA) is 119 Å². The SMILES string of the molecule is CCC(=O)OC1C(=O)[C@]2(C)C(O)C[C@H]3OC[C@H]3C23C[C@]2(O)C[C@H](OC(=O)CCc4cccs4)C(C)=C1[C@]32C. The molecule has 206 valence electrons. The van der Waals surface area contributed by atoms with Crippen LogP contribution in [0.1, 0.15) is 64.7 Å². The molecule has 3 saturated carbocycles. The number of aliphatic hydroxyl groups is 2. The maximum absolute atomic E-state index is 14.4. The van der Waals surface area contributed by atoms with Crippen molar-refractivity contribution in [1.29, 1.82) is 0 Å². The average Bonchev–Trinajstić information content (AvgIpc) is 3.38. The quantitative estimate of drug-likeness (QED) is 0.414. The predicted molar refractivity (Wildman–Crippen MR) is 137 cm³/mol. The van der Waals surface area contributed by atoms with Gasteiger partial charge >= 0.3 is 11.9 Å². The Bertz CT molecular complexity index is 1220. The standard InChI is InChI=1S/C29H36O8S/c1-5-21(31)37-24-23-15(2)19(36-22(32)9-8-16-7-6-10-38-16)12-28(34)14-29(27(23,28)4)17-13-35-18(17)11-20(30)26(29,3)25(24)33/h6-7,10,17-20,24,30,34H,5,8-9,11-14H2,1-4H3/t17-,18-,19+,20?,24?,26+,27+,28-,29?/m1/s1. The van der Waals surface area contributed by atoms with E-state index in [0.717, 1.165) is 4.88 Å². The maximum atomic E-state index is 14.4. The molecule has 38 heavy (non-hydrogen) atoms. The molecule has 6 rings (SSSR count). The molecule has 4 fully saturated rings. The van der Waals surface area contributed by atoms with Gasteiger partial charge in [-0.25, -0.2) is 0 Å². The predicted octanol–water partition coefficient (Wildman–Crippen LogP) is 3.13. The molecular weight excluding hydrogens is 508 g/mol. The van der Waals surface area contributed by atoms with Crippen molar-refractivity contribution in [2.45, 2.75) is 96.2 Å². The van der Waals surface area contributed by atoms with Crippen LogP contribution >= 0.6 is 11.3 Å². The molecule has 4 aliphatic carbocycles. The molecule has 2 N–H and O–H groups in total. The zero-order valence-corrected chi connectivity index (χ0v) is 23.1. The zero-order valence-electron chi connectivity index (χ0n) is 22.3. The normalized spacial score (nSPS) is 44.7. The van der Waals surface area contributed by atoms with E-state index in [9.17, 15) is 24.6 Å². The van der Waals surface area contributed by atoms with Gasteiger partial charge in [0.05, 0.1) is 36.3 Å². The number of thiophene rings is 1. The molecule has 9 atom stereocenters. The highest BCUT2D eigenvalue weighted by Crippen LogP contribution is 2.84. The van der Waals surface area contributed by atoms with Crippen LogP contribution in [0.3, 0.4) is 0 Å². The number of hydrogen-bond donors (Lipinski definition) is 2. The lowest BCUT2D eigenvalue weighted by molar-refractivity contribution is -0.388. The van der Waals surface area contributed by atoms with E-state index in [2.05, 4.69) is 0 Å². The number of rotatable bonds is 6. The molecule has 1 aliphatic heterocycles. The molecule has 1 aromatic heterocycles. The number of aryl methyl sites for hydroxylation is 1. The lowest BCUT2D eigenvalue weighted by atomic mass is 9.22. The van der Waals surface area contributed by atoms with Crippen LogP contribution in [0.2, 0.25) is 0 Å². The van der Waals surface area contributed by atoms with Gasteiger partial charge in [0.25, 0.3) is 0 Å². The Balaban J connectivity index is 1.43. The van der Waals surface area contributed by atoms with Crippen molar-refractivity contribution < 1.29 is 38.8 Å². The number of aliphatic hydroxyl groups excluding tert-OH is 1. The number of hydrogen-bond acceptors (Lipinski definition) is 9. The second kappa shape index (κ2) is 8.46. The molecule has 0 aromatic carbocycles. The fraction of sp³-hybridized carbons (Fsp3) is 0.690. The number of Topliss-reactive ketones (excluding diaryl/α,β-unsaturated/α-hetero) is 1. The molecule has 1 saturated heterocycles. The van der Waals surface area contributed by atoms with Crippen LogP contribution in [0.15, 0.2) is 28.7 Å². The summed E-state index contributed by atoms with van der Waals surface area (Å²) >= 11 is 1.58. The monoisotopic (exact) mass is 544 g/mol. The Hall–Kier alpha value is -2.07. The molecule has 2 heterocycles. The van der Waals surface area contributed by atoms with Gasteiger partial charge < -0.3 is 24.4 Å². The van der Waals surface area contributed by atoms with E-state index in [1.807, 2.05) is 31.4 Å². The lowest BCUT2D eigenvalue weighted by Gasteiger charge is -2.83. The van der Waals surface area contributed by atoms with Gasteiger partial charge in [-0.15, -0.1) is 11.3 Å². The molecule has 9 heteroatoms. The van der Waals surface area contributed by atoms with Crippen molar-refractivity contribution >= 4 is 29.1 Å². The summed E-state index contributed by atoms with van der Waals surface area (Å²) in [7, 11) is 0. The van der Waals surface area contributed by atoms with Crippen molar-refractivity contribution in [3.8, 4) is 0 Å². The second-order valence-electron chi connectivity index (χ2n) is 12.2. The fourth-order valence-electron chi connectivity index (χ4n) is 8.89. The molecule has 5 aliphatic rings. The smallest absolute Gasteiger partial charge is 0.306 e. The molecular formula is C29H36O8S. The van der Waals surface area contributed by atoms with Crippen molar-refractivity contribution in [2.24, 2.45) is 22.2 Å². The van der Waals surface area contributed by atoms with Gasteiger partial charge in [0.2, 0.25) is 0 Å². The highest BCUT2D eigenvalue weighted by atomic mass is 32.1. The molecule has 3 unspecified atom stereocenters. The summed E-state index contributed by atoms with van der Waals surface area (Å²) < 4.78 is 17.6. The van der Waals surface area contributed by atoms with Crippen LogP contribution in [0, 0.1) is 22.2 Å². The molecule has 1 aromatic rings. The van der Waals surface area contributed by atoms with E-state index in [-0.39, 0.29) is 49.5 Å². The van der Waals surface area contributed by atoms with E-state index in [0.29, 0.717) is 30.6 Å². The first-order chi connectivity index (χ1) is 17.9. The number of ketones is 1. The second-order valence-corrected chi connectivity index (χ2v) is 13.2. The highest BCUT2D eigenvalue weighted by Gasteiger charge is 2.89. The Morgan fingerprint density at radius 3 is 2.63 bits per heavy atom. The summed E-state index contributed by atoms with van der Waals surface area (Å²) in [6.07, 6.45) is -1.49. The van der Waals surface area contributed by atoms with Gasteiger partial charge in [0.15, 0.2) is 11.9 Å². The minimum absolute atomic E-state index is 0.0133. The van der Waals surface area contributed by atoms with Crippen LogP contribution in [-0.2, 0) is 35.0 Å². The summed E-state index contributed by atoms with van der Waals surface area (Å²) in [6.45, 7) is 7.68. The van der Waals surface area contributed by atoms with E-state index < -0.39 is 46.1 Å². The third-order valence-corrected chi connectivity index (χ3v) is 11.9. The van der Waals surface area contributed by atoms with Crippen molar-refractivity contribution in [1.82, 2.24) is 0 Å². The number of carbonyl (C=O) groups is 3. The molecule has 8 nitrogen and oxygen atoms in total. The maximum Gasteiger partial charge on any atom is 0.306 e. The van der Waals surface area contributed by atoms with Crippen LogP contribution in [0.25, 0.3) is 0 Å². The first-order valence-electron chi connectivity index (χ1n) is 13.6. The summed E-state index contributed by atoms with van der Waals surface area (Å²) in [5, 5.41) is 25.6. The minimum Gasteiger partial charge on any atom is -0.458 e. The van der Waals surface area contributed by atoms with Gasteiger partial charge in [-0.3, -0.25) is 14.4 Å². The van der Waals surface area contributed by atoms with Crippen LogP contribution in [0.4, 0.5) is 0 Å². The van der Waals surface area contributed by atoms with E-state index in [1.165, 1.54) is 0 Å². The van der Waals surface area contributed by atoms with Gasteiger partial charge in [-0.2, -0.15) is 0 Å². The molecule has 0 amide bonds. The number of fused-ring (bicyclic) bond motifs is 1. The Kier molecular flexibility index (Phi) is 5.83.